The lowest BCUT2D eigenvalue weighted by molar-refractivity contribution is 0.0743. The van der Waals surface area contributed by atoms with Crippen LogP contribution in [0.15, 0.2) is 52.5 Å². The van der Waals surface area contributed by atoms with Gasteiger partial charge >= 0.3 is 0 Å². The van der Waals surface area contributed by atoms with Crippen LogP contribution < -0.4 is 5.56 Å². The highest BCUT2D eigenvalue weighted by atomic mass is 32.2. The van der Waals surface area contributed by atoms with E-state index in [0.29, 0.717) is 41.3 Å². The molecule has 142 valence electrons. The van der Waals surface area contributed by atoms with Crippen LogP contribution in [0.25, 0.3) is 10.9 Å². The van der Waals surface area contributed by atoms with Crippen LogP contribution in [-0.4, -0.2) is 38.8 Å². The van der Waals surface area contributed by atoms with Crippen molar-refractivity contribution in [2.24, 2.45) is 0 Å². The first-order chi connectivity index (χ1) is 13.1. The third-order valence-electron chi connectivity index (χ3n) is 4.03. The molecule has 0 saturated heterocycles. The summed E-state index contributed by atoms with van der Waals surface area (Å²) in [7, 11) is 0. The summed E-state index contributed by atoms with van der Waals surface area (Å²) in [4.78, 5) is 32.8. The molecule has 1 N–H and O–H groups in total. The van der Waals surface area contributed by atoms with Crippen LogP contribution in [0.5, 0.6) is 0 Å². The Morgan fingerprint density at radius 3 is 2.81 bits per heavy atom. The van der Waals surface area contributed by atoms with Crippen LogP contribution in [0.1, 0.15) is 30.8 Å². The topological polar surface area (TPSA) is 77.0 Å². The minimum absolute atomic E-state index is 0.0258. The molecule has 2 heterocycles. The third-order valence-corrected chi connectivity index (χ3v) is 5.01. The molecular formula is C20H23N3O3S. The molecule has 2 aromatic heterocycles. The number of aromatic amines is 1. The maximum absolute atomic E-state index is 12.9. The summed E-state index contributed by atoms with van der Waals surface area (Å²) in [6, 6.07) is 10.8. The summed E-state index contributed by atoms with van der Waals surface area (Å²) in [6.45, 7) is 5.04. The number of para-hydroxylation sites is 1. The quantitative estimate of drug-likeness (QED) is 0.264. The molecule has 0 unspecified atom stereocenters. The van der Waals surface area contributed by atoms with E-state index in [1.54, 1.807) is 29.0 Å². The van der Waals surface area contributed by atoms with Crippen LogP contribution in [0.3, 0.4) is 0 Å². The number of aromatic nitrogens is 3. The van der Waals surface area contributed by atoms with Gasteiger partial charge in [0, 0.05) is 19.3 Å². The number of hydrogen-bond donors (Lipinski definition) is 1. The average Bonchev–Trinajstić information content (AvgIpc) is 3.19. The fourth-order valence-electron chi connectivity index (χ4n) is 2.71. The van der Waals surface area contributed by atoms with E-state index < -0.39 is 0 Å². The van der Waals surface area contributed by atoms with Gasteiger partial charge in [0.15, 0.2) is 10.9 Å². The van der Waals surface area contributed by atoms with Gasteiger partial charge in [-0.25, -0.2) is 4.98 Å². The standard InChI is InChI=1S/C20H23N3O3S/c1-14(2)26-12-6-11-23-19(25)15-7-3-4-8-16(15)22-20(23)27-13-18(24)17-9-5-10-21-17/h3-5,7-10,14,21H,6,11-13H2,1-2H3. The number of ketones is 1. The van der Waals surface area contributed by atoms with Crippen LogP contribution in [0.4, 0.5) is 0 Å². The van der Waals surface area contributed by atoms with E-state index in [9.17, 15) is 9.59 Å². The molecule has 6 nitrogen and oxygen atoms in total. The molecule has 0 saturated carbocycles. The van der Waals surface area contributed by atoms with Crippen molar-refractivity contribution in [1.29, 1.82) is 0 Å². The fourth-order valence-corrected chi connectivity index (χ4v) is 3.62. The van der Waals surface area contributed by atoms with Gasteiger partial charge in [0.25, 0.3) is 5.56 Å². The van der Waals surface area contributed by atoms with Crippen LogP contribution in [0, 0.1) is 0 Å². The largest absolute Gasteiger partial charge is 0.379 e. The Balaban J connectivity index is 1.83. The number of benzene rings is 1. The predicted octanol–water partition coefficient (Wildman–Crippen LogP) is 3.51. The van der Waals surface area contributed by atoms with E-state index in [2.05, 4.69) is 9.97 Å². The Morgan fingerprint density at radius 2 is 2.07 bits per heavy atom. The van der Waals surface area contributed by atoms with E-state index >= 15 is 0 Å². The zero-order valence-corrected chi connectivity index (χ0v) is 16.3. The van der Waals surface area contributed by atoms with Gasteiger partial charge in [0.1, 0.15) is 0 Å². The highest BCUT2D eigenvalue weighted by molar-refractivity contribution is 7.99. The van der Waals surface area contributed by atoms with Crippen molar-refractivity contribution in [2.45, 2.75) is 38.1 Å². The summed E-state index contributed by atoms with van der Waals surface area (Å²) in [5.74, 6) is 0.190. The van der Waals surface area contributed by atoms with Crippen LogP contribution in [0.2, 0.25) is 0 Å². The number of hydrogen-bond acceptors (Lipinski definition) is 5. The van der Waals surface area contributed by atoms with Gasteiger partial charge in [-0.3, -0.25) is 14.2 Å². The highest BCUT2D eigenvalue weighted by Gasteiger charge is 2.14. The molecule has 27 heavy (non-hydrogen) atoms. The molecule has 1 aromatic carbocycles. The number of thioether (sulfide) groups is 1. The summed E-state index contributed by atoms with van der Waals surface area (Å²) in [5, 5.41) is 1.14. The van der Waals surface area contributed by atoms with Crippen molar-refractivity contribution >= 4 is 28.4 Å². The molecule has 0 fully saturated rings. The Kier molecular flexibility index (Phi) is 6.47. The summed E-state index contributed by atoms with van der Waals surface area (Å²) in [5.41, 5.74) is 1.12. The van der Waals surface area contributed by atoms with Crippen molar-refractivity contribution in [3.63, 3.8) is 0 Å². The number of rotatable bonds is 9. The Bertz CT molecular complexity index is 964. The maximum Gasteiger partial charge on any atom is 0.262 e. The lowest BCUT2D eigenvalue weighted by Gasteiger charge is -2.13. The summed E-state index contributed by atoms with van der Waals surface area (Å²) < 4.78 is 7.23. The van der Waals surface area contributed by atoms with Gasteiger partial charge in [0.2, 0.25) is 0 Å². The van der Waals surface area contributed by atoms with Gasteiger partial charge in [0.05, 0.1) is 28.5 Å². The minimum atomic E-state index is -0.0834. The minimum Gasteiger partial charge on any atom is -0.379 e. The molecule has 7 heteroatoms. The number of carbonyl (C=O) groups is 1. The number of nitrogens with zero attached hydrogens (tertiary/aromatic N) is 2. The second-order valence-electron chi connectivity index (χ2n) is 6.44. The molecule has 0 amide bonds. The van der Waals surface area contributed by atoms with Gasteiger partial charge in [-0.05, 0) is 44.5 Å². The van der Waals surface area contributed by atoms with Crippen molar-refractivity contribution in [1.82, 2.24) is 14.5 Å². The van der Waals surface area contributed by atoms with E-state index in [0.717, 1.165) is 0 Å². The van der Waals surface area contributed by atoms with Crippen molar-refractivity contribution in [3.8, 4) is 0 Å². The molecule has 0 aliphatic carbocycles. The molecule has 0 atom stereocenters. The van der Waals surface area contributed by atoms with Crippen molar-refractivity contribution < 1.29 is 9.53 Å². The second-order valence-corrected chi connectivity index (χ2v) is 7.38. The van der Waals surface area contributed by atoms with Gasteiger partial charge < -0.3 is 9.72 Å². The monoisotopic (exact) mass is 385 g/mol. The summed E-state index contributed by atoms with van der Waals surface area (Å²) in [6.07, 6.45) is 2.58. The first kappa shape index (κ1) is 19.4. The van der Waals surface area contributed by atoms with Gasteiger partial charge in [-0.1, -0.05) is 23.9 Å². The smallest absolute Gasteiger partial charge is 0.262 e. The van der Waals surface area contributed by atoms with Gasteiger partial charge in [-0.15, -0.1) is 0 Å². The zero-order valence-electron chi connectivity index (χ0n) is 15.5. The lowest BCUT2D eigenvalue weighted by Crippen LogP contribution is -2.24. The number of fused-ring (bicyclic) bond motifs is 1. The van der Waals surface area contributed by atoms with Gasteiger partial charge in [-0.2, -0.15) is 0 Å². The normalized spacial score (nSPS) is 11.4. The Hall–Kier alpha value is -2.38. The predicted molar refractivity (Wildman–Crippen MR) is 108 cm³/mol. The fraction of sp³-hybridized carbons (Fsp3) is 0.350. The van der Waals surface area contributed by atoms with Crippen molar-refractivity contribution in [2.75, 3.05) is 12.4 Å². The van der Waals surface area contributed by atoms with E-state index in [1.807, 2.05) is 32.0 Å². The Morgan fingerprint density at radius 1 is 1.26 bits per heavy atom. The summed E-state index contributed by atoms with van der Waals surface area (Å²) >= 11 is 1.29. The molecule has 3 aromatic rings. The molecule has 3 rings (SSSR count). The average molecular weight is 385 g/mol. The first-order valence-corrected chi connectivity index (χ1v) is 9.95. The second kappa shape index (κ2) is 9.01. The SMILES string of the molecule is CC(C)OCCCn1c(SCC(=O)c2ccc[nH]2)nc2ccccc2c1=O. The van der Waals surface area contributed by atoms with Crippen molar-refractivity contribution in [3.05, 3.63) is 58.6 Å². The molecule has 0 spiro atoms. The maximum atomic E-state index is 12.9. The number of Topliss-reactive ketones (excluding diaryl/α,β-unsaturated/α-hetero) is 1. The molecular weight excluding hydrogens is 362 g/mol. The number of H-pyrrole nitrogens is 1. The van der Waals surface area contributed by atoms with E-state index in [4.69, 9.17) is 4.74 Å². The third kappa shape index (κ3) is 4.87. The van der Waals surface area contributed by atoms with E-state index in [1.165, 1.54) is 11.8 Å². The lowest BCUT2D eigenvalue weighted by atomic mass is 10.2. The molecule has 0 aliphatic heterocycles. The first-order valence-electron chi connectivity index (χ1n) is 8.97. The molecule has 0 bridgehead atoms. The van der Waals surface area contributed by atoms with Crippen LogP contribution >= 0.6 is 11.8 Å². The molecule has 0 radical (unpaired) electrons. The highest BCUT2D eigenvalue weighted by Crippen LogP contribution is 2.19. The van der Waals surface area contributed by atoms with Crippen LogP contribution in [-0.2, 0) is 11.3 Å². The van der Waals surface area contributed by atoms with E-state index in [-0.39, 0.29) is 23.2 Å². The molecule has 0 aliphatic rings. The number of ether oxygens (including phenoxy) is 1. The Labute approximate surface area is 162 Å². The zero-order chi connectivity index (χ0) is 19.2. The number of carbonyl (C=O) groups excluding carboxylic acids is 1. The number of nitrogens with one attached hydrogen (secondary N) is 1.